The maximum Gasteiger partial charge on any atom is 0.248 e. The molecular weight excluding hydrogens is 359 g/mol. The number of amides is 2. The van der Waals surface area contributed by atoms with Gasteiger partial charge in [-0.05, 0) is 35.9 Å². The number of benzene rings is 2. The quantitative estimate of drug-likeness (QED) is 0.617. The standard InChI is InChI=1S/C18H17FN2O4S/c19-13-3-1-12(2-4-13)9-17(22)20-21-18(23)11-26-14-5-6-15-16(10-14)25-8-7-24-15/h1-6,10H,7-9,11H2,(H,20,22)(H,21,23). The van der Waals surface area contributed by atoms with Crippen LogP contribution in [0.25, 0.3) is 0 Å². The van der Waals surface area contributed by atoms with Crippen LogP contribution in [0.5, 0.6) is 11.5 Å². The van der Waals surface area contributed by atoms with Gasteiger partial charge < -0.3 is 9.47 Å². The van der Waals surface area contributed by atoms with E-state index in [0.717, 1.165) is 4.90 Å². The number of hydrazine groups is 1. The molecule has 0 fully saturated rings. The third-order valence-corrected chi connectivity index (χ3v) is 4.50. The highest BCUT2D eigenvalue weighted by molar-refractivity contribution is 8.00. The Kier molecular flexibility index (Phi) is 5.96. The molecule has 2 amide bonds. The number of hydrogen-bond acceptors (Lipinski definition) is 5. The van der Waals surface area contributed by atoms with Crippen LogP contribution in [0.1, 0.15) is 5.56 Å². The lowest BCUT2D eigenvalue weighted by molar-refractivity contribution is -0.127. The SMILES string of the molecule is O=C(CSc1ccc2c(c1)OCCO2)NNC(=O)Cc1ccc(F)cc1. The number of hydrogen-bond donors (Lipinski definition) is 2. The van der Waals surface area contributed by atoms with E-state index >= 15 is 0 Å². The lowest BCUT2D eigenvalue weighted by Crippen LogP contribution is -2.43. The van der Waals surface area contributed by atoms with Crippen LogP contribution in [0.4, 0.5) is 4.39 Å². The Labute approximate surface area is 154 Å². The molecule has 0 atom stereocenters. The van der Waals surface area contributed by atoms with Gasteiger partial charge in [0.2, 0.25) is 11.8 Å². The summed E-state index contributed by atoms with van der Waals surface area (Å²) in [7, 11) is 0. The highest BCUT2D eigenvalue weighted by Gasteiger charge is 2.13. The molecule has 0 bridgehead atoms. The third-order valence-electron chi connectivity index (χ3n) is 3.50. The topological polar surface area (TPSA) is 76.7 Å². The van der Waals surface area contributed by atoms with Gasteiger partial charge in [-0.3, -0.25) is 20.4 Å². The van der Waals surface area contributed by atoms with Gasteiger partial charge in [-0.2, -0.15) is 0 Å². The van der Waals surface area contributed by atoms with Gasteiger partial charge in [-0.15, -0.1) is 11.8 Å². The fourth-order valence-corrected chi connectivity index (χ4v) is 2.99. The Bertz CT molecular complexity index is 798. The molecule has 136 valence electrons. The van der Waals surface area contributed by atoms with Crippen molar-refractivity contribution >= 4 is 23.6 Å². The Morgan fingerprint density at radius 1 is 0.962 bits per heavy atom. The van der Waals surface area contributed by atoms with Crippen LogP contribution >= 0.6 is 11.8 Å². The van der Waals surface area contributed by atoms with E-state index in [9.17, 15) is 14.0 Å². The summed E-state index contributed by atoms with van der Waals surface area (Å²) in [5.41, 5.74) is 5.36. The Morgan fingerprint density at radius 2 is 1.65 bits per heavy atom. The van der Waals surface area contributed by atoms with Crippen LogP contribution in [0.2, 0.25) is 0 Å². The molecule has 0 spiro atoms. The molecule has 1 aliphatic rings. The first-order valence-corrected chi connectivity index (χ1v) is 8.93. The molecule has 0 saturated carbocycles. The fraction of sp³-hybridized carbons (Fsp3) is 0.222. The number of thioether (sulfide) groups is 1. The van der Waals surface area contributed by atoms with Gasteiger partial charge in [0.05, 0.1) is 12.2 Å². The summed E-state index contributed by atoms with van der Waals surface area (Å²) in [5.74, 6) is 0.411. The van der Waals surface area contributed by atoms with E-state index in [1.165, 1.54) is 36.0 Å². The van der Waals surface area contributed by atoms with Gasteiger partial charge in [0, 0.05) is 4.90 Å². The third kappa shape index (κ3) is 5.13. The van der Waals surface area contributed by atoms with Gasteiger partial charge in [0.25, 0.3) is 0 Å². The van der Waals surface area contributed by atoms with Crippen LogP contribution in [0.3, 0.4) is 0 Å². The molecule has 0 aliphatic carbocycles. The van der Waals surface area contributed by atoms with E-state index in [4.69, 9.17) is 9.47 Å². The molecule has 3 rings (SSSR count). The molecule has 2 N–H and O–H groups in total. The van der Waals surface area contributed by atoms with E-state index in [1.807, 2.05) is 12.1 Å². The fourth-order valence-electron chi connectivity index (χ4n) is 2.27. The maximum absolute atomic E-state index is 12.8. The monoisotopic (exact) mass is 376 g/mol. The first-order valence-electron chi connectivity index (χ1n) is 7.95. The van der Waals surface area contributed by atoms with Crippen molar-refractivity contribution in [1.29, 1.82) is 0 Å². The zero-order valence-electron chi connectivity index (χ0n) is 13.8. The second kappa shape index (κ2) is 8.57. The smallest absolute Gasteiger partial charge is 0.248 e. The predicted molar refractivity (Wildman–Crippen MR) is 94.5 cm³/mol. The van der Waals surface area contributed by atoms with E-state index in [-0.39, 0.29) is 29.8 Å². The normalized spacial score (nSPS) is 12.3. The number of halogens is 1. The number of ether oxygens (including phenoxy) is 2. The minimum atomic E-state index is -0.380. The van der Waals surface area contributed by atoms with Crippen molar-refractivity contribution in [2.45, 2.75) is 11.3 Å². The summed E-state index contributed by atoms with van der Waals surface area (Å²) in [6.45, 7) is 1.03. The molecule has 1 heterocycles. The summed E-state index contributed by atoms with van der Waals surface area (Å²) in [6.07, 6.45) is 0.0515. The van der Waals surface area contributed by atoms with Crippen LogP contribution in [-0.2, 0) is 16.0 Å². The summed E-state index contributed by atoms with van der Waals surface area (Å²) in [6, 6.07) is 11.1. The van der Waals surface area contributed by atoms with E-state index < -0.39 is 0 Å². The number of fused-ring (bicyclic) bond motifs is 1. The van der Waals surface area contributed by atoms with Crippen molar-refractivity contribution in [2.24, 2.45) is 0 Å². The molecular formula is C18H17FN2O4S. The highest BCUT2D eigenvalue weighted by atomic mass is 32.2. The second-order valence-corrected chi connectivity index (χ2v) is 6.54. The van der Waals surface area contributed by atoms with Crippen molar-refractivity contribution in [1.82, 2.24) is 10.9 Å². The van der Waals surface area contributed by atoms with Crippen molar-refractivity contribution < 1.29 is 23.5 Å². The molecule has 8 heteroatoms. The van der Waals surface area contributed by atoms with Crippen LogP contribution < -0.4 is 20.3 Å². The summed E-state index contributed by atoms with van der Waals surface area (Å²) >= 11 is 1.32. The summed E-state index contributed by atoms with van der Waals surface area (Å²) < 4.78 is 23.8. The highest BCUT2D eigenvalue weighted by Crippen LogP contribution is 2.34. The Morgan fingerprint density at radius 3 is 2.42 bits per heavy atom. The van der Waals surface area contributed by atoms with Gasteiger partial charge >= 0.3 is 0 Å². The minimum Gasteiger partial charge on any atom is -0.486 e. The van der Waals surface area contributed by atoms with Crippen molar-refractivity contribution in [3.05, 3.63) is 53.8 Å². The number of nitrogens with one attached hydrogen (secondary N) is 2. The number of carbonyl (C=O) groups excluding carboxylic acids is 2. The number of rotatable bonds is 5. The average Bonchev–Trinajstić information content (AvgIpc) is 2.66. The molecule has 26 heavy (non-hydrogen) atoms. The zero-order chi connectivity index (χ0) is 18.4. The molecule has 0 saturated heterocycles. The molecule has 2 aromatic carbocycles. The van der Waals surface area contributed by atoms with Gasteiger partial charge in [-0.1, -0.05) is 12.1 Å². The molecule has 1 aliphatic heterocycles. The Hall–Kier alpha value is -2.74. The molecule has 0 aromatic heterocycles. The summed E-state index contributed by atoms with van der Waals surface area (Å²) in [4.78, 5) is 24.5. The number of carbonyl (C=O) groups is 2. The first-order chi connectivity index (χ1) is 12.6. The van der Waals surface area contributed by atoms with E-state index in [1.54, 1.807) is 6.07 Å². The molecule has 0 unspecified atom stereocenters. The minimum absolute atomic E-state index is 0.0515. The lowest BCUT2D eigenvalue weighted by atomic mass is 10.1. The van der Waals surface area contributed by atoms with Crippen molar-refractivity contribution in [2.75, 3.05) is 19.0 Å². The van der Waals surface area contributed by atoms with E-state index in [2.05, 4.69) is 10.9 Å². The maximum atomic E-state index is 12.8. The zero-order valence-corrected chi connectivity index (χ0v) is 14.6. The molecule has 0 radical (unpaired) electrons. The average molecular weight is 376 g/mol. The van der Waals surface area contributed by atoms with Crippen LogP contribution in [0, 0.1) is 5.82 Å². The van der Waals surface area contributed by atoms with Crippen molar-refractivity contribution in [3.8, 4) is 11.5 Å². The lowest BCUT2D eigenvalue weighted by Gasteiger charge is -2.18. The Balaban J connectivity index is 1.41. The second-order valence-electron chi connectivity index (χ2n) is 5.49. The van der Waals surface area contributed by atoms with Gasteiger partial charge in [0.15, 0.2) is 11.5 Å². The molecule has 6 nitrogen and oxygen atoms in total. The largest absolute Gasteiger partial charge is 0.486 e. The predicted octanol–water partition coefficient (Wildman–Crippen LogP) is 2.08. The van der Waals surface area contributed by atoms with Crippen molar-refractivity contribution in [3.63, 3.8) is 0 Å². The van der Waals surface area contributed by atoms with Crippen LogP contribution in [0.15, 0.2) is 47.4 Å². The van der Waals surface area contributed by atoms with Gasteiger partial charge in [-0.25, -0.2) is 4.39 Å². The first kappa shape index (κ1) is 18.1. The van der Waals surface area contributed by atoms with Crippen LogP contribution in [-0.4, -0.2) is 30.8 Å². The van der Waals surface area contributed by atoms with Gasteiger partial charge in [0.1, 0.15) is 19.0 Å². The molecule has 2 aromatic rings. The summed E-state index contributed by atoms with van der Waals surface area (Å²) in [5, 5.41) is 0. The van der Waals surface area contributed by atoms with E-state index in [0.29, 0.717) is 30.3 Å².